The fourth-order valence-corrected chi connectivity index (χ4v) is 2.99. The molecule has 1 unspecified atom stereocenters. The second kappa shape index (κ2) is 7.67. The van der Waals surface area contributed by atoms with Gasteiger partial charge in [-0.25, -0.2) is 4.68 Å². The van der Waals surface area contributed by atoms with Crippen LogP contribution in [0.25, 0.3) is 5.69 Å². The number of halogens is 4. The van der Waals surface area contributed by atoms with Gasteiger partial charge in [-0.2, -0.15) is 18.3 Å². The van der Waals surface area contributed by atoms with Crippen molar-refractivity contribution in [3.63, 3.8) is 0 Å². The van der Waals surface area contributed by atoms with Crippen molar-refractivity contribution in [2.24, 2.45) is 0 Å². The minimum Gasteiger partial charge on any atom is -0.337 e. The fraction of sp³-hybridized carbons (Fsp3) is 0.412. The minimum absolute atomic E-state index is 0. The Morgan fingerprint density at radius 2 is 1.96 bits per heavy atom. The largest absolute Gasteiger partial charge is 0.434 e. The molecule has 1 saturated heterocycles. The Morgan fingerprint density at radius 1 is 1.31 bits per heavy atom. The lowest BCUT2D eigenvalue weighted by Gasteiger charge is -2.24. The van der Waals surface area contributed by atoms with Gasteiger partial charge in [-0.15, -0.1) is 12.4 Å². The van der Waals surface area contributed by atoms with Crippen molar-refractivity contribution in [1.29, 1.82) is 0 Å². The maximum atomic E-state index is 13.7. The number of likely N-dealkylation sites (N-methyl/N-ethyl adjacent to an activating group) is 1. The average molecular weight is 389 g/mol. The number of nitrogens with one attached hydrogen (secondary N) is 1. The van der Waals surface area contributed by atoms with E-state index >= 15 is 0 Å². The van der Waals surface area contributed by atoms with Crippen LogP contribution in [0.15, 0.2) is 30.5 Å². The first kappa shape index (κ1) is 20.3. The molecular weight excluding hydrogens is 369 g/mol. The van der Waals surface area contributed by atoms with Crippen molar-refractivity contribution in [1.82, 2.24) is 20.0 Å². The molecular formula is C17H20ClF3N4O. The Kier molecular flexibility index (Phi) is 5.98. The number of hydrogen-bond acceptors (Lipinski definition) is 3. The zero-order valence-electron chi connectivity index (χ0n) is 14.4. The lowest BCUT2D eigenvalue weighted by atomic mass is 10.1. The van der Waals surface area contributed by atoms with Crippen LogP contribution in [0.3, 0.4) is 0 Å². The summed E-state index contributed by atoms with van der Waals surface area (Å²) in [5.41, 5.74) is -0.280. The smallest absolute Gasteiger partial charge is 0.337 e. The molecule has 3 rings (SSSR count). The summed E-state index contributed by atoms with van der Waals surface area (Å²) in [7, 11) is 1.53. The van der Waals surface area contributed by atoms with Crippen LogP contribution in [-0.4, -0.2) is 46.8 Å². The lowest BCUT2D eigenvalue weighted by molar-refractivity contribution is -0.143. The Balaban J connectivity index is 0.00000243. The monoisotopic (exact) mass is 388 g/mol. The molecule has 2 heterocycles. The molecule has 0 bridgehead atoms. The van der Waals surface area contributed by atoms with Crippen molar-refractivity contribution >= 4 is 18.3 Å². The number of carbonyl (C=O) groups excluding carboxylic acids is 1. The van der Waals surface area contributed by atoms with E-state index in [1.54, 1.807) is 24.3 Å². The van der Waals surface area contributed by atoms with Gasteiger partial charge in [0.05, 0.1) is 17.4 Å². The predicted octanol–water partition coefficient (Wildman–Crippen LogP) is 3.06. The molecule has 1 fully saturated rings. The maximum Gasteiger partial charge on any atom is 0.434 e. The molecule has 1 aliphatic heterocycles. The summed E-state index contributed by atoms with van der Waals surface area (Å²) in [5, 5.41) is 6.95. The summed E-state index contributed by atoms with van der Waals surface area (Å²) in [4.78, 5) is 14.0. The van der Waals surface area contributed by atoms with Gasteiger partial charge in [0.15, 0.2) is 5.69 Å². The number of alkyl halides is 3. The van der Waals surface area contributed by atoms with Gasteiger partial charge in [0, 0.05) is 19.6 Å². The number of benzene rings is 1. The summed E-state index contributed by atoms with van der Waals surface area (Å²) >= 11 is 0. The third kappa shape index (κ3) is 3.86. The number of rotatable bonds is 3. The quantitative estimate of drug-likeness (QED) is 0.879. The Hall–Kier alpha value is -2.06. The van der Waals surface area contributed by atoms with E-state index in [4.69, 9.17) is 0 Å². The van der Waals surface area contributed by atoms with E-state index in [9.17, 15) is 18.0 Å². The summed E-state index contributed by atoms with van der Waals surface area (Å²) < 4.78 is 41.8. The maximum absolute atomic E-state index is 13.7. The van der Waals surface area contributed by atoms with Crippen LogP contribution in [0.5, 0.6) is 0 Å². The van der Waals surface area contributed by atoms with E-state index in [1.165, 1.54) is 11.9 Å². The molecule has 1 aromatic carbocycles. The van der Waals surface area contributed by atoms with Gasteiger partial charge < -0.3 is 10.2 Å². The molecule has 1 N–H and O–H groups in total. The van der Waals surface area contributed by atoms with Crippen LogP contribution < -0.4 is 5.32 Å². The highest BCUT2D eigenvalue weighted by Gasteiger charge is 2.41. The van der Waals surface area contributed by atoms with Crippen LogP contribution in [0, 0.1) is 6.92 Å². The highest BCUT2D eigenvalue weighted by atomic mass is 35.5. The van der Waals surface area contributed by atoms with E-state index in [0.29, 0.717) is 6.54 Å². The molecule has 1 amide bonds. The summed E-state index contributed by atoms with van der Waals surface area (Å²) in [5.74, 6) is -0.667. The van der Waals surface area contributed by atoms with E-state index in [0.717, 1.165) is 29.4 Å². The lowest BCUT2D eigenvalue weighted by Crippen LogP contribution is -2.39. The molecule has 0 spiro atoms. The van der Waals surface area contributed by atoms with Crippen molar-refractivity contribution < 1.29 is 18.0 Å². The van der Waals surface area contributed by atoms with Gasteiger partial charge in [-0.3, -0.25) is 4.79 Å². The zero-order chi connectivity index (χ0) is 18.2. The zero-order valence-corrected chi connectivity index (χ0v) is 15.2. The third-order valence-corrected chi connectivity index (χ3v) is 4.45. The SMILES string of the molecule is Cc1ccc(-n2ncc(C(=O)N(C)C3CCNC3)c2C(F)(F)F)cc1.Cl. The molecule has 0 saturated carbocycles. The molecule has 26 heavy (non-hydrogen) atoms. The fourth-order valence-electron chi connectivity index (χ4n) is 2.99. The van der Waals surface area contributed by atoms with Crippen LogP contribution in [0.1, 0.15) is 28.0 Å². The number of carbonyl (C=O) groups is 1. The van der Waals surface area contributed by atoms with Gasteiger partial charge in [0.1, 0.15) is 0 Å². The topological polar surface area (TPSA) is 50.2 Å². The predicted molar refractivity (Wildman–Crippen MR) is 93.9 cm³/mol. The molecule has 1 aliphatic rings. The number of hydrogen-bond donors (Lipinski definition) is 1. The van der Waals surface area contributed by atoms with Crippen molar-refractivity contribution in [2.75, 3.05) is 20.1 Å². The molecule has 9 heteroatoms. The normalized spacial score (nSPS) is 17.0. The van der Waals surface area contributed by atoms with Crippen LogP contribution in [0.2, 0.25) is 0 Å². The van der Waals surface area contributed by atoms with Gasteiger partial charge >= 0.3 is 6.18 Å². The Bertz CT molecular complexity index is 767. The van der Waals surface area contributed by atoms with Gasteiger partial charge in [0.25, 0.3) is 5.91 Å². The number of amides is 1. The Labute approximate surface area is 155 Å². The molecule has 1 atom stereocenters. The van der Waals surface area contributed by atoms with E-state index in [-0.39, 0.29) is 24.1 Å². The Morgan fingerprint density at radius 3 is 2.50 bits per heavy atom. The highest BCUT2D eigenvalue weighted by Crippen LogP contribution is 2.34. The van der Waals surface area contributed by atoms with E-state index < -0.39 is 23.3 Å². The van der Waals surface area contributed by atoms with Crippen LogP contribution in [-0.2, 0) is 6.18 Å². The second-order valence-electron chi connectivity index (χ2n) is 6.21. The van der Waals surface area contributed by atoms with Crippen molar-refractivity contribution in [3.8, 4) is 5.69 Å². The van der Waals surface area contributed by atoms with Gasteiger partial charge in [0.2, 0.25) is 0 Å². The average Bonchev–Trinajstić information content (AvgIpc) is 3.23. The first-order chi connectivity index (χ1) is 11.8. The molecule has 142 valence electrons. The van der Waals surface area contributed by atoms with Crippen LogP contribution in [0.4, 0.5) is 13.2 Å². The molecule has 1 aromatic heterocycles. The number of aryl methyl sites for hydroxylation is 1. The first-order valence-corrected chi connectivity index (χ1v) is 7.99. The minimum atomic E-state index is -4.69. The van der Waals surface area contributed by atoms with Crippen LogP contribution >= 0.6 is 12.4 Å². The highest BCUT2D eigenvalue weighted by molar-refractivity contribution is 5.95. The van der Waals surface area contributed by atoms with E-state index in [1.807, 2.05) is 6.92 Å². The number of aromatic nitrogens is 2. The summed E-state index contributed by atoms with van der Waals surface area (Å²) in [6.45, 7) is 3.17. The standard InChI is InChI=1S/C17H19F3N4O.ClH/c1-11-3-5-12(6-4-11)24-15(17(18,19)20)14(10-22-24)16(25)23(2)13-7-8-21-9-13;/h3-6,10,13,21H,7-9H2,1-2H3;1H. The molecule has 5 nitrogen and oxygen atoms in total. The van der Waals surface area contributed by atoms with Crippen molar-refractivity contribution in [3.05, 3.63) is 47.3 Å². The summed E-state index contributed by atoms with van der Waals surface area (Å²) in [6.07, 6.45) is -2.97. The molecule has 0 radical (unpaired) electrons. The van der Waals surface area contributed by atoms with Crippen molar-refractivity contribution in [2.45, 2.75) is 25.6 Å². The van der Waals surface area contributed by atoms with Gasteiger partial charge in [-0.05, 0) is 32.0 Å². The summed E-state index contributed by atoms with van der Waals surface area (Å²) in [6, 6.07) is 6.40. The van der Waals surface area contributed by atoms with Gasteiger partial charge in [-0.1, -0.05) is 17.7 Å². The third-order valence-electron chi connectivity index (χ3n) is 4.45. The molecule has 2 aromatic rings. The second-order valence-corrected chi connectivity index (χ2v) is 6.21. The van der Waals surface area contributed by atoms with E-state index in [2.05, 4.69) is 10.4 Å². The first-order valence-electron chi connectivity index (χ1n) is 7.99. The molecule has 0 aliphatic carbocycles. The number of nitrogens with zero attached hydrogens (tertiary/aromatic N) is 3.